The third-order valence-electron chi connectivity index (χ3n) is 3.48. The Morgan fingerprint density at radius 3 is 2.79 bits per heavy atom. The highest BCUT2D eigenvalue weighted by atomic mass is 32.2. The van der Waals surface area contributed by atoms with Gasteiger partial charge in [0.15, 0.2) is 11.0 Å². The van der Waals surface area contributed by atoms with Crippen LogP contribution in [0, 0.1) is 12.8 Å². The molecule has 0 fully saturated rings. The first-order chi connectivity index (χ1) is 11.5. The van der Waals surface area contributed by atoms with Crippen LogP contribution in [0.15, 0.2) is 29.4 Å². The Kier molecular flexibility index (Phi) is 6.85. The van der Waals surface area contributed by atoms with Crippen molar-refractivity contribution in [1.82, 2.24) is 20.1 Å². The normalized spacial score (nSPS) is 11.0. The van der Waals surface area contributed by atoms with Crippen LogP contribution in [0.25, 0.3) is 11.4 Å². The third-order valence-corrected chi connectivity index (χ3v) is 4.45. The van der Waals surface area contributed by atoms with Gasteiger partial charge in [-0.2, -0.15) is 0 Å². The van der Waals surface area contributed by atoms with Crippen LogP contribution in [-0.4, -0.2) is 33.0 Å². The van der Waals surface area contributed by atoms with Gasteiger partial charge in [0.05, 0.1) is 5.75 Å². The summed E-state index contributed by atoms with van der Waals surface area (Å²) in [5.41, 5.74) is 2.26. The van der Waals surface area contributed by atoms with Crippen molar-refractivity contribution >= 4 is 17.7 Å². The van der Waals surface area contributed by atoms with Crippen LogP contribution in [0.2, 0.25) is 0 Å². The molecule has 0 radical (unpaired) electrons. The number of aromatic nitrogens is 3. The average molecular weight is 347 g/mol. The highest BCUT2D eigenvalue weighted by Crippen LogP contribution is 2.24. The van der Waals surface area contributed by atoms with E-state index in [9.17, 15) is 4.79 Å². The van der Waals surface area contributed by atoms with Gasteiger partial charge in [0, 0.05) is 18.7 Å². The topological polar surface area (TPSA) is 59.8 Å². The average Bonchev–Trinajstić information content (AvgIpc) is 2.94. The molecule has 24 heavy (non-hydrogen) atoms. The molecule has 0 aliphatic rings. The molecule has 0 aliphatic heterocycles. The molecule has 2 aromatic rings. The van der Waals surface area contributed by atoms with Crippen LogP contribution in [-0.2, 0) is 11.3 Å². The summed E-state index contributed by atoms with van der Waals surface area (Å²) >= 11 is 1.44. The number of rotatable bonds is 8. The van der Waals surface area contributed by atoms with Crippen molar-refractivity contribution in [1.29, 1.82) is 0 Å². The van der Waals surface area contributed by atoms with Crippen molar-refractivity contribution in [3.8, 4) is 11.4 Å². The van der Waals surface area contributed by atoms with Crippen LogP contribution >= 0.6 is 11.8 Å². The van der Waals surface area contributed by atoms with Gasteiger partial charge in [0.2, 0.25) is 5.91 Å². The van der Waals surface area contributed by atoms with E-state index in [4.69, 9.17) is 0 Å². The summed E-state index contributed by atoms with van der Waals surface area (Å²) in [5.74, 6) is 1.72. The molecule has 0 aliphatic carbocycles. The van der Waals surface area contributed by atoms with Crippen LogP contribution in [0.5, 0.6) is 0 Å². The van der Waals surface area contributed by atoms with E-state index in [-0.39, 0.29) is 5.91 Å². The lowest BCUT2D eigenvalue weighted by atomic mass is 10.1. The van der Waals surface area contributed by atoms with E-state index < -0.39 is 0 Å². The number of hydrogen-bond acceptors (Lipinski definition) is 4. The summed E-state index contributed by atoms with van der Waals surface area (Å²) in [6.45, 7) is 9.91. The summed E-state index contributed by atoms with van der Waals surface area (Å²) < 4.78 is 2.11. The number of aryl methyl sites for hydroxylation is 1. The van der Waals surface area contributed by atoms with Crippen molar-refractivity contribution in [2.45, 2.75) is 45.8 Å². The number of hydrogen-bond donors (Lipinski definition) is 1. The van der Waals surface area contributed by atoms with E-state index in [0.717, 1.165) is 29.5 Å². The second-order valence-corrected chi connectivity index (χ2v) is 7.26. The van der Waals surface area contributed by atoms with Gasteiger partial charge >= 0.3 is 0 Å². The minimum Gasteiger partial charge on any atom is -0.355 e. The molecule has 0 saturated heterocycles. The molecule has 2 rings (SSSR count). The zero-order valence-electron chi connectivity index (χ0n) is 14.9. The van der Waals surface area contributed by atoms with Gasteiger partial charge in [-0.15, -0.1) is 10.2 Å². The minimum absolute atomic E-state index is 0.0388. The van der Waals surface area contributed by atoms with Crippen LogP contribution in [0.1, 0.15) is 32.8 Å². The number of amides is 1. The lowest BCUT2D eigenvalue weighted by Gasteiger charge is -2.10. The van der Waals surface area contributed by atoms with Crippen LogP contribution in [0.4, 0.5) is 0 Å². The molecule has 0 saturated carbocycles. The van der Waals surface area contributed by atoms with E-state index in [0.29, 0.717) is 18.2 Å². The Labute approximate surface area is 148 Å². The molecule has 1 aromatic heterocycles. The fourth-order valence-electron chi connectivity index (χ4n) is 2.32. The molecule has 5 nitrogen and oxygen atoms in total. The number of nitrogens with one attached hydrogen (secondary N) is 1. The molecule has 130 valence electrons. The van der Waals surface area contributed by atoms with Crippen molar-refractivity contribution < 1.29 is 4.79 Å². The molecular weight excluding hydrogens is 320 g/mol. The predicted octanol–water partition coefficient (Wildman–Crippen LogP) is 3.53. The molecule has 0 bridgehead atoms. The molecule has 1 heterocycles. The first-order valence-corrected chi connectivity index (χ1v) is 9.39. The summed E-state index contributed by atoms with van der Waals surface area (Å²) in [6, 6.07) is 8.26. The van der Waals surface area contributed by atoms with Gasteiger partial charge in [0.1, 0.15) is 0 Å². The van der Waals surface area contributed by atoms with Crippen molar-refractivity contribution in [2.75, 3.05) is 12.3 Å². The summed E-state index contributed by atoms with van der Waals surface area (Å²) in [7, 11) is 0. The standard InChI is InChI=1S/C18H26N4OS/c1-5-9-22-17(15-8-6-7-14(4)10-15)20-21-18(22)24-12-16(23)19-11-13(2)3/h6-8,10,13H,5,9,11-12H2,1-4H3,(H,19,23). The Bertz CT molecular complexity index is 681. The first kappa shape index (κ1) is 18.5. The highest BCUT2D eigenvalue weighted by molar-refractivity contribution is 7.99. The number of benzene rings is 1. The maximum Gasteiger partial charge on any atom is 0.230 e. The summed E-state index contributed by atoms with van der Waals surface area (Å²) in [6.07, 6.45) is 0.990. The van der Waals surface area contributed by atoms with Crippen LogP contribution in [0.3, 0.4) is 0 Å². The van der Waals surface area contributed by atoms with Crippen molar-refractivity contribution in [2.24, 2.45) is 5.92 Å². The third kappa shape index (κ3) is 5.09. The lowest BCUT2D eigenvalue weighted by molar-refractivity contribution is -0.118. The van der Waals surface area contributed by atoms with Gasteiger partial charge < -0.3 is 9.88 Å². The zero-order valence-corrected chi connectivity index (χ0v) is 15.7. The van der Waals surface area contributed by atoms with E-state index in [1.165, 1.54) is 17.3 Å². The second-order valence-electron chi connectivity index (χ2n) is 6.31. The number of carbonyl (C=O) groups is 1. The molecule has 0 spiro atoms. The molecule has 0 atom stereocenters. The highest BCUT2D eigenvalue weighted by Gasteiger charge is 2.15. The van der Waals surface area contributed by atoms with E-state index in [1.54, 1.807) is 0 Å². The fraction of sp³-hybridized carbons (Fsp3) is 0.500. The summed E-state index contributed by atoms with van der Waals surface area (Å²) in [4.78, 5) is 11.9. The smallest absolute Gasteiger partial charge is 0.230 e. The second kappa shape index (κ2) is 8.87. The minimum atomic E-state index is 0.0388. The Morgan fingerprint density at radius 2 is 2.12 bits per heavy atom. The SMILES string of the molecule is CCCn1c(SCC(=O)NCC(C)C)nnc1-c1cccc(C)c1. The molecular formula is C18H26N4OS. The van der Waals surface area contributed by atoms with E-state index >= 15 is 0 Å². The molecule has 1 amide bonds. The predicted molar refractivity (Wildman–Crippen MR) is 99.1 cm³/mol. The van der Waals surface area contributed by atoms with Crippen molar-refractivity contribution in [3.63, 3.8) is 0 Å². The van der Waals surface area contributed by atoms with Gasteiger partial charge in [-0.05, 0) is 25.3 Å². The monoisotopic (exact) mass is 346 g/mol. The Balaban J connectivity index is 2.12. The maximum atomic E-state index is 11.9. The van der Waals surface area contributed by atoms with Crippen molar-refractivity contribution in [3.05, 3.63) is 29.8 Å². The molecule has 1 aromatic carbocycles. The first-order valence-electron chi connectivity index (χ1n) is 8.41. The lowest BCUT2D eigenvalue weighted by Crippen LogP contribution is -2.28. The molecule has 6 heteroatoms. The number of carbonyl (C=O) groups excluding carboxylic acids is 1. The number of thioether (sulfide) groups is 1. The largest absolute Gasteiger partial charge is 0.355 e. The molecule has 0 unspecified atom stereocenters. The van der Waals surface area contributed by atoms with E-state index in [2.05, 4.69) is 59.9 Å². The fourth-order valence-corrected chi connectivity index (χ4v) is 3.11. The quantitative estimate of drug-likeness (QED) is 0.743. The van der Waals surface area contributed by atoms with Gasteiger partial charge in [-0.25, -0.2) is 0 Å². The number of nitrogens with zero attached hydrogens (tertiary/aromatic N) is 3. The maximum absolute atomic E-state index is 11.9. The van der Waals surface area contributed by atoms with E-state index in [1.807, 2.05) is 12.1 Å². The van der Waals surface area contributed by atoms with Gasteiger partial charge in [0.25, 0.3) is 0 Å². The Hall–Kier alpha value is -1.82. The summed E-state index contributed by atoms with van der Waals surface area (Å²) in [5, 5.41) is 12.4. The molecule has 1 N–H and O–H groups in total. The van der Waals surface area contributed by atoms with Crippen LogP contribution < -0.4 is 5.32 Å². The Morgan fingerprint density at radius 1 is 1.33 bits per heavy atom. The zero-order chi connectivity index (χ0) is 17.5. The van der Waals surface area contributed by atoms with Gasteiger partial charge in [-0.3, -0.25) is 4.79 Å². The van der Waals surface area contributed by atoms with Gasteiger partial charge in [-0.1, -0.05) is 56.3 Å².